The molecule has 2 atom stereocenters. The summed E-state index contributed by atoms with van der Waals surface area (Å²) in [6.07, 6.45) is 2.44. The molecule has 1 heterocycles. The fraction of sp³-hybridized carbons (Fsp3) is 0.300. The molecule has 2 aromatic rings. The summed E-state index contributed by atoms with van der Waals surface area (Å²) in [5.41, 5.74) is 5.93. The van der Waals surface area contributed by atoms with E-state index in [4.69, 9.17) is 0 Å². The Hall–Kier alpha value is -1.38. The number of rotatable bonds is 1. The number of hydrogen-bond acceptors (Lipinski definition) is 0. The van der Waals surface area contributed by atoms with Gasteiger partial charge in [-0.15, -0.1) is 0 Å². The van der Waals surface area contributed by atoms with Gasteiger partial charge in [-0.25, -0.2) is 0 Å². The van der Waals surface area contributed by atoms with Gasteiger partial charge in [-0.1, -0.05) is 52.3 Å². The van der Waals surface area contributed by atoms with Gasteiger partial charge in [0.1, 0.15) is 6.54 Å². The van der Waals surface area contributed by atoms with Crippen LogP contribution >= 0.6 is 15.9 Å². The van der Waals surface area contributed by atoms with E-state index in [-0.39, 0.29) is 0 Å². The fourth-order valence-corrected chi connectivity index (χ4v) is 4.61. The van der Waals surface area contributed by atoms with E-state index in [1.54, 1.807) is 5.57 Å². The summed E-state index contributed by atoms with van der Waals surface area (Å²) < 4.78 is 2.27. The molecule has 1 fully saturated rings. The first-order valence-electron chi connectivity index (χ1n) is 7.90. The Kier molecular flexibility index (Phi) is 3.28. The molecule has 1 aliphatic carbocycles. The zero-order valence-corrected chi connectivity index (χ0v) is 14.7. The lowest BCUT2D eigenvalue weighted by molar-refractivity contribution is -0.877. The van der Waals surface area contributed by atoms with Crippen molar-refractivity contribution in [2.24, 2.45) is 5.92 Å². The Bertz CT molecular complexity index is 746. The number of benzene rings is 2. The molecule has 0 bridgehead atoms. The number of likely N-dealkylation sites (N-methyl/N-ethyl adjacent to an activating group) is 1. The highest BCUT2D eigenvalue weighted by Crippen LogP contribution is 2.47. The Labute approximate surface area is 141 Å². The zero-order chi connectivity index (χ0) is 15.3. The number of fused-ring (bicyclic) bond motifs is 2. The van der Waals surface area contributed by atoms with Crippen LogP contribution in [0.2, 0.25) is 0 Å². The SMILES string of the molecule is C[N+]1(C)CC2=Cc3ccc(Br)cc3C(c3ccccc3)C2C1. The first-order valence-corrected chi connectivity index (χ1v) is 8.70. The van der Waals surface area contributed by atoms with Crippen LogP contribution < -0.4 is 0 Å². The molecule has 112 valence electrons. The van der Waals surface area contributed by atoms with Crippen LogP contribution in [-0.4, -0.2) is 31.7 Å². The number of nitrogens with zero attached hydrogens (tertiary/aromatic N) is 1. The highest BCUT2D eigenvalue weighted by atomic mass is 79.9. The maximum atomic E-state index is 3.66. The molecular weight excluding hydrogens is 334 g/mol. The highest BCUT2D eigenvalue weighted by Gasteiger charge is 2.43. The number of halogens is 1. The fourth-order valence-electron chi connectivity index (χ4n) is 4.23. The van der Waals surface area contributed by atoms with Crippen LogP contribution in [0, 0.1) is 5.92 Å². The van der Waals surface area contributed by atoms with Crippen LogP contribution in [-0.2, 0) is 0 Å². The molecule has 0 amide bonds. The zero-order valence-electron chi connectivity index (χ0n) is 13.1. The van der Waals surface area contributed by atoms with Gasteiger partial charge in [0.15, 0.2) is 0 Å². The largest absolute Gasteiger partial charge is 0.324 e. The second-order valence-corrected chi connectivity index (χ2v) is 8.18. The Morgan fingerprint density at radius 1 is 1.05 bits per heavy atom. The van der Waals surface area contributed by atoms with Gasteiger partial charge in [0.2, 0.25) is 0 Å². The van der Waals surface area contributed by atoms with Gasteiger partial charge in [-0.3, -0.25) is 0 Å². The van der Waals surface area contributed by atoms with E-state index in [1.807, 2.05) is 0 Å². The molecule has 2 aromatic carbocycles. The minimum Gasteiger partial charge on any atom is -0.324 e. The summed E-state index contributed by atoms with van der Waals surface area (Å²) in [5.74, 6) is 1.10. The third-order valence-electron chi connectivity index (χ3n) is 5.06. The molecule has 2 unspecified atom stereocenters. The van der Waals surface area contributed by atoms with E-state index in [2.05, 4.69) is 84.6 Å². The van der Waals surface area contributed by atoms with Crippen LogP contribution in [0.1, 0.15) is 22.6 Å². The molecule has 0 radical (unpaired) electrons. The molecule has 4 rings (SSSR count). The molecule has 2 heteroatoms. The van der Waals surface area contributed by atoms with E-state index < -0.39 is 0 Å². The minimum absolute atomic E-state index is 0.480. The summed E-state index contributed by atoms with van der Waals surface area (Å²) in [7, 11) is 4.70. The molecule has 22 heavy (non-hydrogen) atoms. The van der Waals surface area contributed by atoms with Gasteiger partial charge in [0.05, 0.1) is 20.6 Å². The maximum absolute atomic E-state index is 3.66. The molecule has 1 saturated heterocycles. The molecule has 1 nitrogen and oxygen atoms in total. The number of quaternary nitrogens is 1. The van der Waals surface area contributed by atoms with Gasteiger partial charge < -0.3 is 4.48 Å². The lowest BCUT2D eigenvalue weighted by atomic mass is 9.73. The molecule has 0 spiro atoms. The third kappa shape index (κ3) is 2.35. The van der Waals surface area contributed by atoms with Gasteiger partial charge in [-0.2, -0.15) is 0 Å². The Morgan fingerprint density at radius 2 is 1.82 bits per heavy atom. The molecule has 0 aromatic heterocycles. The monoisotopic (exact) mass is 354 g/mol. The van der Waals surface area contributed by atoms with Crippen molar-refractivity contribution in [3.05, 3.63) is 75.3 Å². The minimum atomic E-state index is 0.480. The normalized spacial score (nSPS) is 25.3. The van der Waals surface area contributed by atoms with E-state index in [9.17, 15) is 0 Å². The number of likely N-dealkylation sites (tertiary alicyclic amines) is 1. The van der Waals surface area contributed by atoms with Gasteiger partial charge >= 0.3 is 0 Å². The average molecular weight is 355 g/mol. The highest BCUT2D eigenvalue weighted by molar-refractivity contribution is 9.10. The summed E-state index contributed by atoms with van der Waals surface area (Å²) in [5, 5.41) is 0. The van der Waals surface area contributed by atoms with E-state index in [0.29, 0.717) is 11.8 Å². The molecule has 0 N–H and O–H groups in total. The molecule has 1 aliphatic heterocycles. The van der Waals surface area contributed by atoms with Crippen molar-refractivity contribution >= 4 is 22.0 Å². The van der Waals surface area contributed by atoms with Crippen LogP contribution in [0.25, 0.3) is 6.08 Å². The van der Waals surface area contributed by atoms with Crippen molar-refractivity contribution in [2.75, 3.05) is 27.2 Å². The molecular formula is C20H21BrN+. The quantitative estimate of drug-likeness (QED) is 0.652. The van der Waals surface area contributed by atoms with Crippen molar-refractivity contribution in [1.82, 2.24) is 0 Å². The van der Waals surface area contributed by atoms with E-state index >= 15 is 0 Å². The van der Waals surface area contributed by atoms with Crippen molar-refractivity contribution < 1.29 is 4.48 Å². The van der Waals surface area contributed by atoms with Crippen LogP contribution in [0.15, 0.2) is 58.6 Å². The maximum Gasteiger partial charge on any atom is 0.101 e. The Balaban J connectivity index is 1.90. The molecule has 2 aliphatic rings. The summed E-state index contributed by atoms with van der Waals surface area (Å²) in [6.45, 7) is 2.39. The van der Waals surface area contributed by atoms with Gasteiger partial charge in [-0.05, 0) is 40.5 Å². The Morgan fingerprint density at radius 3 is 2.59 bits per heavy atom. The van der Waals surface area contributed by atoms with Crippen LogP contribution in [0.4, 0.5) is 0 Å². The summed E-state index contributed by atoms with van der Waals surface area (Å²) in [4.78, 5) is 0. The first kappa shape index (κ1) is 14.2. The lowest BCUT2D eigenvalue weighted by Gasteiger charge is -2.30. The van der Waals surface area contributed by atoms with Crippen molar-refractivity contribution in [3.63, 3.8) is 0 Å². The number of hydrogen-bond donors (Lipinski definition) is 0. The second-order valence-electron chi connectivity index (χ2n) is 7.26. The summed E-state index contributed by atoms with van der Waals surface area (Å²) in [6, 6.07) is 17.8. The van der Waals surface area contributed by atoms with Crippen LogP contribution in [0.5, 0.6) is 0 Å². The van der Waals surface area contributed by atoms with E-state index in [1.165, 1.54) is 34.3 Å². The van der Waals surface area contributed by atoms with Crippen molar-refractivity contribution in [1.29, 1.82) is 0 Å². The van der Waals surface area contributed by atoms with Crippen LogP contribution in [0.3, 0.4) is 0 Å². The standard InChI is InChI=1S/C20H21BrN/c1-22(2)12-16-10-15-8-9-17(21)11-18(15)20(19(16)13-22)14-6-4-3-5-7-14/h3-11,19-20H,12-13H2,1-2H3/q+1. The average Bonchev–Trinajstić information content (AvgIpc) is 2.79. The van der Waals surface area contributed by atoms with Crippen molar-refractivity contribution in [2.45, 2.75) is 5.92 Å². The topological polar surface area (TPSA) is 0 Å². The van der Waals surface area contributed by atoms with Gasteiger partial charge in [0.25, 0.3) is 0 Å². The van der Waals surface area contributed by atoms with E-state index in [0.717, 1.165) is 4.48 Å². The lowest BCUT2D eigenvalue weighted by Crippen LogP contribution is -2.37. The predicted octanol–water partition coefficient (Wildman–Crippen LogP) is 4.68. The second kappa shape index (κ2) is 5.07. The first-order chi connectivity index (χ1) is 10.5. The van der Waals surface area contributed by atoms with Crippen molar-refractivity contribution in [3.8, 4) is 0 Å². The van der Waals surface area contributed by atoms with Gasteiger partial charge in [0, 0.05) is 16.3 Å². The summed E-state index contributed by atoms with van der Waals surface area (Å²) >= 11 is 3.66. The third-order valence-corrected chi connectivity index (χ3v) is 5.56. The molecule has 0 saturated carbocycles. The predicted molar refractivity (Wildman–Crippen MR) is 95.7 cm³/mol. The smallest absolute Gasteiger partial charge is 0.101 e.